The van der Waals surface area contributed by atoms with Crippen molar-refractivity contribution in [1.82, 2.24) is 10.2 Å². The molecule has 0 aliphatic rings. The van der Waals surface area contributed by atoms with Crippen molar-refractivity contribution in [2.75, 3.05) is 0 Å². The van der Waals surface area contributed by atoms with Gasteiger partial charge in [-0.25, -0.2) is 0 Å². The molecule has 0 amide bonds. The number of aromatic nitrogens is 2. The lowest BCUT2D eigenvalue weighted by atomic mass is 10.1. The average Bonchev–Trinajstić information content (AvgIpc) is 3.02. The molecule has 3 rings (SSSR count). The summed E-state index contributed by atoms with van der Waals surface area (Å²) in [6.07, 6.45) is 0. The number of rotatable bonds is 5. The number of nitro benzene ring substituents is 1. The first-order valence-corrected chi connectivity index (χ1v) is 7.87. The van der Waals surface area contributed by atoms with Gasteiger partial charge >= 0.3 is 0 Å². The van der Waals surface area contributed by atoms with E-state index in [1.54, 1.807) is 12.1 Å². The second kappa shape index (κ2) is 6.62. The van der Waals surface area contributed by atoms with Gasteiger partial charge in [0, 0.05) is 23.4 Å². The highest BCUT2D eigenvalue weighted by molar-refractivity contribution is 7.98. The van der Waals surface area contributed by atoms with Gasteiger partial charge in [0.05, 0.1) is 4.92 Å². The first kappa shape index (κ1) is 15.2. The van der Waals surface area contributed by atoms with Crippen LogP contribution in [-0.2, 0) is 5.75 Å². The first-order chi connectivity index (χ1) is 11.1. The van der Waals surface area contributed by atoms with Crippen molar-refractivity contribution in [2.45, 2.75) is 17.9 Å². The molecule has 2 aromatic carbocycles. The van der Waals surface area contributed by atoms with Crippen LogP contribution in [0.15, 0.2) is 58.2 Å². The average molecular weight is 327 g/mol. The SMILES string of the molecule is Cc1cccc(-c2nnc(SCc3ccc([N+](=O)[O-])cc3)o2)c1. The van der Waals surface area contributed by atoms with Crippen molar-refractivity contribution in [2.24, 2.45) is 0 Å². The molecule has 1 aromatic heterocycles. The lowest BCUT2D eigenvalue weighted by molar-refractivity contribution is -0.384. The summed E-state index contributed by atoms with van der Waals surface area (Å²) in [6, 6.07) is 14.3. The second-order valence-corrected chi connectivity index (χ2v) is 5.88. The fourth-order valence-electron chi connectivity index (χ4n) is 2.02. The fourth-order valence-corrected chi connectivity index (χ4v) is 2.74. The van der Waals surface area contributed by atoms with Crippen molar-refractivity contribution >= 4 is 17.4 Å². The van der Waals surface area contributed by atoms with Gasteiger partial charge in [-0.2, -0.15) is 0 Å². The highest BCUT2D eigenvalue weighted by atomic mass is 32.2. The molecule has 0 saturated heterocycles. The Morgan fingerprint density at radius 1 is 1.17 bits per heavy atom. The largest absolute Gasteiger partial charge is 0.411 e. The minimum Gasteiger partial charge on any atom is -0.411 e. The first-order valence-electron chi connectivity index (χ1n) is 6.88. The zero-order chi connectivity index (χ0) is 16.2. The molecular weight excluding hydrogens is 314 g/mol. The fraction of sp³-hybridized carbons (Fsp3) is 0.125. The topological polar surface area (TPSA) is 82.1 Å². The summed E-state index contributed by atoms with van der Waals surface area (Å²) >= 11 is 1.40. The van der Waals surface area contributed by atoms with E-state index >= 15 is 0 Å². The van der Waals surface area contributed by atoms with Crippen LogP contribution in [0.5, 0.6) is 0 Å². The van der Waals surface area contributed by atoms with E-state index in [-0.39, 0.29) is 5.69 Å². The zero-order valence-electron chi connectivity index (χ0n) is 12.3. The van der Waals surface area contributed by atoms with E-state index in [2.05, 4.69) is 10.2 Å². The van der Waals surface area contributed by atoms with Crippen LogP contribution in [-0.4, -0.2) is 15.1 Å². The molecule has 0 bridgehead atoms. The van der Waals surface area contributed by atoms with Crippen molar-refractivity contribution in [3.05, 3.63) is 69.8 Å². The van der Waals surface area contributed by atoms with Crippen molar-refractivity contribution in [1.29, 1.82) is 0 Å². The Kier molecular flexibility index (Phi) is 4.38. The van der Waals surface area contributed by atoms with Crippen LogP contribution >= 0.6 is 11.8 Å². The van der Waals surface area contributed by atoms with Crippen molar-refractivity contribution in [3.63, 3.8) is 0 Å². The van der Waals surface area contributed by atoms with E-state index in [0.717, 1.165) is 16.7 Å². The van der Waals surface area contributed by atoms with Gasteiger partial charge in [0.25, 0.3) is 10.9 Å². The molecule has 0 spiro atoms. The Morgan fingerprint density at radius 2 is 1.96 bits per heavy atom. The Morgan fingerprint density at radius 3 is 2.65 bits per heavy atom. The summed E-state index contributed by atoms with van der Waals surface area (Å²) in [7, 11) is 0. The lowest BCUT2D eigenvalue weighted by Crippen LogP contribution is -1.88. The molecule has 6 nitrogen and oxygen atoms in total. The summed E-state index contributed by atoms with van der Waals surface area (Å²) in [5, 5.41) is 19.2. The molecule has 0 aliphatic carbocycles. The van der Waals surface area contributed by atoms with E-state index in [1.807, 2.05) is 31.2 Å². The Labute approximate surface area is 136 Å². The van der Waals surface area contributed by atoms with Gasteiger partial charge in [-0.3, -0.25) is 10.1 Å². The molecule has 3 aromatic rings. The molecule has 0 aliphatic heterocycles. The molecule has 0 N–H and O–H groups in total. The summed E-state index contributed by atoms with van der Waals surface area (Å²) in [5.74, 6) is 1.09. The molecular formula is C16H13N3O3S. The molecule has 7 heteroatoms. The number of nitrogens with zero attached hydrogens (tertiary/aromatic N) is 3. The zero-order valence-corrected chi connectivity index (χ0v) is 13.1. The third-order valence-electron chi connectivity index (χ3n) is 3.18. The smallest absolute Gasteiger partial charge is 0.277 e. The van der Waals surface area contributed by atoms with Crippen LogP contribution in [0.25, 0.3) is 11.5 Å². The van der Waals surface area contributed by atoms with Crippen LogP contribution in [0.3, 0.4) is 0 Å². The second-order valence-electron chi connectivity index (χ2n) is 4.95. The maximum atomic E-state index is 10.6. The van der Waals surface area contributed by atoms with Crippen LogP contribution in [0.1, 0.15) is 11.1 Å². The van der Waals surface area contributed by atoms with Crippen molar-refractivity contribution < 1.29 is 9.34 Å². The number of non-ortho nitro benzene ring substituents is 1. The maximum Gasteiger partial charge on any atom is 0.277 e. The van der Waals surface area contributed by atoms with Crippen LogP contribution in [0.2, 0.25) is 0 Å². The predicted octanol–water partition coefficient (Wildman–Crippen LogP) is 4.25. The number of hydrogen-bond donors (Lipinski definition) is 0. The van der Waals surface area contributed by atoms with Gasteiger partial charge in [-0.15, -0.1) is 10.2 Å². The van der Waals surface area contributed by atoms with Crippen LogP contribution < -0.4 is 0 Å². The molecule has 116 valence electrons. The number of nitro groups is 1. The van der Waals surface area contributed by atoms with E-state index in [0.29, 0.717) is 16.9 Å². The highest BCUT2D eigenvalue weighted by Gasteiger charge is 2.10. The van der Waals surface area contributed by atoms with Crippen LogP contribution in [0, 0.1) is 17.0 Å². The van der Waals surface area contributed by atoms with Crippen LogP contribution in [0.4, 0.5) is 5.69 Å². The summed E-state index contributed by atoms with van der Waals surface area (Å²) in [6.45, 7) is 2.00. The molecule has 0 atom stereocenters. The van der Waals surface area contributed by atoms with Gasteiger partial charge in [-0.05, 0) is 24.6 Å². The monoisotopic (exact) mass is 327 g/mol. The summed E-state index contributed by atoms with van der Waals surface area (Å²) < 4.78 is 5.64. The normalized spacial score (nSPS) is 10.7. The van der Waals surface area contributed by atoms with Gasteiger partial charge in [0.15, 0.2) is 0 Å². The van der Waals surface area contributed by atoms with Gasteiger partial charge in [0.1, 0.15) is 0 Å². The predicted molar refractivity (Wildman–Crippen MR) is 87.1 cm³/mol. The van der Waals surface area contributed by atoms with Gasteiger partial charge < -0.3 is 4.42 Å². The third-order valence-corrected chi connectivity index (χ3v) is 4.07. The molecule has 1 heterocycles. The number of aryl methyl sites for hydroxylation is 1. The lowest BCUT2D eigenvalue weighted by Gasteiger charge is -1.98. The van der Waals surface area contributed by atoms with E-state index in [1.165, 1.54) is 23.9 Å². The number of benzene rings is 2. The van der Waals surface area contributed by atoms with E-state index in [4.69, 9.17) is 4.42 Å². The Bertz CT molecular complexity index is 831. The Hall–Kier alpha value is -2.67. The minimum atomic E-state index is -0.414. The molecule has 0 saturated carbocycles. The third kappa shape index (κ3) is 3.75. The minimum absolute atomic E-state index is 0.0817. The van der Waals surface area contributed by atoms with Gasteiger partial charge in [0.2, 0.25) is 5.89 Å². The van der Waals surface area contributed by atoms with Gasteiger partial charge in [-0.1, -0.05) is 41.6 Å². The molecule has 0 radical (unpaired) electrons. The van der Waals surface area contributed by atoms with E-state index < -0.39 is 4.92 Å². The maximum absolute atomic E-state index is 10.6. The summed E-state index contributed by atoms with van der Waals surface area (Å²) in [5.41, 5.74) is 3.05. The Balaban J connectivity index is 1.66. The quantitative estimate of drug-likeness (QED) is 0.396. The standard InChI is InChI=1S/C16H13N3O3S/c1-11-3-2-4-13(9-11)15-17-18-16(22-15)23-10-12-5-7-14(8-6-12)19(20)21/h2-9H,10H2,1H3. The molecule has 23 heavy (non-hydrogen) atoms. The molecule has 0 fully saturated rings. The number of hydrogen-bond acceptors (Lipinski definition) is 6. The van der Waals surface area contributed by atoms with E-state index in [9.17, 15) is 10.1 Å². The highest BCUT2D eigenvalue weighted by Crippen LogP contribution is 2.26. The van der Waals surface area contributed by atoms with Crippen molar-refractivity contribution in [3.8, 4) is 11.5 Å². The summed E-state index contributed by atoms with van der Waals surface area (Å²) in [4.78, 5) is 10.2. The number of thioether (sulfide) groups is 1. The molecule has 0 unspecified atom stereocenters.